The van der Waals surface area contributed by atoms with Gasteiger partial charge in [-0.1, -0.05) is 13.8 Å². The Balaban J connectivity index is 2.37. The van der Waals surface area contributed by atoms with Crippen LogP contribution in [0.25, 0.3) is 5.82 Å². The van der Waals surface area contributed by atoms with Crippen LogP contribution in [0.3, 0.4) is 0 Å². The summed E-state index contributed by atoms with van der Waals surface area (Å²) >= 11 is 0. The van der Waals surface area contributed by atoms with E-state index in [1.165, 1.54) is 5.56 Å². The lowest BCUT2D eigenvalue weighted by atomic mass is 10.0. The van der Waals surface area contributed by atoms with E-state index in [0.29, 0.717) is 5.92 Å². The molecule has 0 amide bonds. The zero-order valence-electron chi connectivity index (χ0n) is 11.3. The molecule has 0 radical (unpaired) electrons. The van der Waals surface area contributed by atoms with Crippen molar-refractivity contribution in [3.05, 3.63) is 36.0 Å². The van der Waals surface area contributed by atoms with Gasteiger partial charge >= 0.3 is 0 Å². The van der Waals surface area contributed by atoms with E-state index in [1.54, 1.807) is 13.4 Å². The average molecular weight is 245 g/mol. The van der Waals surface area contributed by atoms with Gasteiger partial charge in [-0.15, -0.1) is 0 Å². The molecule has 2 aromatic rings. The van der Waals surface area contributed by atoms with Gasteiger partial charge in [-0.2, -0.15) is 0 Å². The molecule has 0 bridgehead atoms. The molecule has 0 aliphatic heterocycles. The molecule has 0 aliphatic carbocycles. The number of imidazole rings is 1. The van der Waals surface area contributed by atoms with Crippen LogP contribution in [-0.4, -0.2) is 21.6 Å². The molecule has 0 spiro atoms. The minimum atomic E-state index is 0.609. The highest BCUT2D eigenvalue weighted by Crippen LogP contribution is 2.23. The second kappa shape index (κ2) is 5.21. The molecule has 0 saturated carbocycles. The summed E-state index contributed by atoms with van der Waals surface area (Å²) in [5.74, 6) is 2.18. The summed E-state index contributed by atoms with van der Waals surface area (Å²) in [6.45, 7) is 6.34. The number of rotatable bonds is 4. The smallest absolute Gasteiger partial charge is 0.180 e. The fraction of sp³-hybridized carbons (Fsp3) is 0.429. The lowest BCUT2D eigenvalue weighted by Gasteiger charge is -2.11. The number of aryl methyl sites for hydroxylation is 1. The molecule has 4 nitrogen and oxygen atoms in total. The normalized spacial score (nSPS) is 10.9. The Kier molecular flexibility index (Phi) is 3.65. The molecule has 0 atom stereocenters. The molecule has 0 fully saturated rings. The monoisotopic (exact) mass is 245 g/mol. The maximum Gasteiger partial charge on any atom is 0.180 e. The standard InChI is InChI=1S/C14H19N3O/c1-10(2)5-12-6-13(18-4)14(15-7-12)17-8-11(3)16-9-17/h6-10H,5H2,1-4H3. The zero-order valence-corrected chi connectivity index (χ0v) is 11.3. The molecular weight excluding hydrogens is 226 g/mol. The van der Waals surface area contributed by atoms with Crippen LogP contribution in [0.2, 0.25) is 0 Å². The van der Waals surface area contributed by atoms with Crippen molar-refractivity contribution in [1.82, 2.24) is 14.5 Å². The van der Waals surface area contributed by atoms with Gasteiger partial charge in [-0.05, 0) is 30.9 Å². The third-order valence-corrected chi connectivity index (χ3v) is 2.71. The van der Waals surface area contributed by atoms with Crippen molar-refractivity contribution in [1.29, 1.82) is 0 Å². The van der Waals surface area contributed by atoms with Crippen molar-refractivity contribution < 1.29 is 4.74 Å². The Morgan fingerprint density at radius 2 is 2.11 bits per heavy atom. The second-order valence-electron chi connectivity index (χ2n) is 4.89. The largest absolute Gasteiger partial charge is 0.493 e. The van der Waals surface area contributed by atoms with Crippen LogP contribution in [0.15, 0.2) is 24.8 Å². The summed E-state index contributed by atoms with van der Waals surface area (Å²) in [6.07, 6.45) is 6.61. The minimum absolute atomic E-state index is 0.609. The van der Waals surface area contributed by atoms with Crippen molar-refractivity contribution in [3.63, 3.8) is 0 Å². The van der Waals surface area contributed by atoms with E-state index in [9.17, 15) is 0 Å². The Bertz CT molecular complexity index is 532. The van der Waals surface area contributed by atoms with Gasteiger partial charge in [0.15, 0.2) is 11.6 Å². The zero-order chi connectivity index (χ0) is 13.1. The highest BCUT2D eigenvalue weighted by molar-refractivity contribution is 5.42. The third-order valence-electron chi connectivity index (χ3n) is 2.71. The molecule has 18 heavy (non-hydrogen) atoms. The van der Waals surface area contributed by atoms with Crippen LogP contribution in [0.4, 0.5) is 0 Å². The first-order valence-corrected chi connectivity index (χ1v) is 6.14. The number of hydrogen-bond donors (Lipinski definition) is 0. The molecule has 0 aromatic carbocycles. The fourth-order valence-corrected chi connectivity index (χ4v) is 1.94. The molecule has 2 heterocycles. The molecule has 2 aromatic heterocycles. The average Bonchev–Trinajstić information content (AvgIpc) is 2.74. The summed E-state index contributed by atoms with van der Waals surface area (Å²) in [7, 11) is 1.67. The molecule has 4 heteroatoms. The highest BCUT2D eigenvalue weighted by atomic mass is 16.5. The van der Waals surface area contributed by atoms with E-state index in [4.69, 9.17) is 4.74 Å². The quantitative estimate of drug-likeness (QED) is 0.831. The first kappa shape index (κ1) is 12.6. The molecule has 2 rings (SSSR count). The predicted molar refractivity (Wildman–Crippen MR) is 71.2 cm³/mol. The molecule has 0 unspecified atom stereocenters. The first-order chi connectivity index (χ1) is 8.60. The van der Waals surface area contributed by atoms with E-state index in [1.807, 2.05) is 23.9 Å². The van der Waals surface area contributed by atoms with Gasteiger partial charge < -0.3 is 4.74 Å². The summed E-state index contributed by atoms with van der Waals surface area (Å²) in [4.78, 5) is 8.69. The lowest BCUT2D eigenvalue weighted by molar-refractivity contribution is 0.409. The van der Waals surface area contributed by atoms with Gasteiger partial charge in [-0.3, -0.25) is 4.57 Å². The summed E-state index contributed by atoms with van der Waals surface area (Å²) in [5, 5.41) is 0. The minimum Gasteiger partial charge on any atom is -0.493 e. The Hall–Kier alpha value is -1.84. The van der Waals surface area contributed by atoms with Gasteiger partial charge in [0, 0.05) is 12.4 Å². The van der Waals surface area contributed by atoms with E-state index >= 15 is 0 Å². The predicted octanol–water partition coefficient (Wildman–Crippen LogP) is 2.78. The summed E-state index contributed by atoms with van der Waals surface area (Å²) in [6, 6.07) is 2.05. The van der Waals surface area contributed by atoms with Gasteiger partial charge in [0.1, 0.15) is 6.33 Å². The van der Waals surface area contributed by atoms with Crippen LogP contribution in [0.5, 0.6) is 5.75 Å². The molecule has 0 aliphatic rings. The Morgan fingerprint density at radius 3 is 2.67 bits per heavy atom. The fourth-order valence-electron chi connectivity index (χ4n) is 1.94. The third kappa shape index (κ3) is 2.70. The van der Waals surface area contributed by atoms with Crippen LogP contribution >= 0.6 is 0 Å². The Labute approximate surface area is 108 Å². The number of ether oxygens (including phenoxy) is 1. The van der Waals surface area contributed by atoms with Crippen LogP contribution in [0, 0.1) is 12.8 Å². The summed E-state index contributed by atoms with van der Waals surface area (Å²) in [5.41, 5.74) is 2.16. The second-order valence-corrected chi connectivity index (χ2v) is 4.89. The maximum absolute atomic E-state index is 5.42. The van der Waals surface area contributed by atoms with Gasteiger partial charge in [0.05, 0.1) is 12.8 Å². The van der Waals surface area contributed by atoms with Crippen molar-refractivity contribution in [2.24, 2.45) is 5.92 Å². The van der Waals surface area contributed by atoms with Gasteiger partial charge in [0.2, 0.25) is 0 Å². The van der Waals surface area contributed by atoms with E-state index in [2.05, 4.69) is 29.9 Å². The highest BCUT2D eigenvalue weighted by Gasteiger charge is 2.09. The van der Waals surface area contributed by atoms with Crippen molar-refractivity contribution >= 4 is 0 Å². The van der Waals surface area contributed by atoms with E-state index < -0.39 is 0 Å². The number of methoxy groups -OCH3 is 1. The van der Waals surface area contributed by atoms with Gasteiger partial charge in [0.25, 0.3) is 0 Å². The van der Waals surface area contributed by atoms with Crippen LogP contribution < -0.4 is 4.74 Å². The summed E-state index contributed by atoms with van der Waals surface area (Å²) < 4.78 is 7.30. The first-order valence-electron chi connectivity index (χ1n) is 6.14. The van der Waals surface area contributed by atoms with Crippen molar-refractivity contribution in [3.8, 4) is 11.6 Å². The molecule has 0 N–H and O–H groups in total. The van der Waals surface area contributed by atoms with Crippen molar-refractivity contribution in [2.75, 3.05) is 7.11 Å². The number of nitrogens with zero attached hydrogens (tertiary/aromatic N) is 3. The van der Waals surface area contributed by atoms with E-state index in [-0.39, 0.29) is 0 Å². The van der Waals surface area contributed by atoms with Gasteiger partial charge in [-0.25, -0.2) is 9.97 Å². The number of aromatic nitrogens is 3. The molecular formula is C14H19N3O. The van der Waals surface area contributed by atoms with E-state index in [0.717, 1.165) is 23.7 Å². The molecule has 0 saturated heterocycles. The maximum atomic E-state index is 5.42. The van der Waals surface area contributed by atoms with Crippen LogP contribution in [-0.2, 0) is 6.42 Å². The van der Waals surface area contributed by atoms with Crippen LogP contribution in [0.1, 0.15) is 25.1 Å². The SMILES string of the molecule is COc1cc(CC(C)C)cnc1-n1cnc(C)c1. The van der Waals surface area contributed by atoms with Crippen molar-refractivity contribution in [2.45, 2.75) is 27.2 Å². The Morgan fingerprint density at radius 1 is 1.33 bits per heavy atom. The number of pyridine rings is 1. The topological polar surface area (TPSA) is 39.9 Å². The molecule has 96 valence electrons. The lowest BCUT2D eigenvalue weighted by Crippen LogP contribution is -2.02. The number of hydrogen-bond acceptors (Lipinski definition) is 3.